The highest BCUT2D eigenvalue weighted by molar-refractivity contribution is 5.86. The van der Waals surface area contributed by atoms with Gasteiger partial charge in [0, 0.05) is 5.57 Å². The fourth-order valence-electron chi connectivity index (χ4n) is 0.846. The average molecular weight is 177 g/mol. The summed E-state index contributed by atoms with van der Waals surface area (Å²) in [7, 11) is 0. The molecular formula is C11H12O2. The first-order valence-electron chi connectivity index (χ1n) is 4.06. The lowest BCUT2D eigenvalue weighted by atomic mass is 10.2. The molecule has 1 aromatic rings. The molecule has 68 valence electrons. The molecule has 0 bridgehead atoms. The van der Waals surface area contributed by atoms with Crippen molar-refractivity contribution in [1.82, 2.24) is 0 Å². The zero-order valence-electron chi connectivity index (χ0n) is 7.62. The lowest BCUT2D eigenvalue weighted by Crippen LogP contribution is -2.04. The van der Waals surface area contributed by atoms with E-state index in [0.29, 0.717) is 12.2 Å². The summed E-state index contributed by atoms with van der Waals surface area (Å²) in [6.45, 7) is 5.44. The lowest BCUT2D eigenvalue weighted by Gasteiger charge is -2.03. The molecule has 0 aliphatic heterocycles. The van der Waals surface area contributed by atoms with Crippen molar-refractivity contribution in [3.05, 3.63) is 48.0 Å². The van der Waals surface area contributed by atoms with Gasteiger partial charge in [-0.05, 0) is 12.5 Å². The molecule has 2 nitrogen and oxygen atoms in total. The molecule has 1 rings (SSSR count). The zero-order valence-corrected chi connectivity index (χ0v) is 7.62. The standard InChI is InChI=1S/C11H12O2/c1-9(2)11(12)13-8-10-6-4-3-5-7-10/h3-7H,1,8H2,2H3/i1+1. The first-order chi connectivity index (χ1) is 6.20. The van der Waals surface area contributed by atoms with E-state index >= 15 is 0 Å². The topological polar surface area (TPSA) is 26.3 Å². The van der Waals surface area contributed by atoms with Crippen molar-refractivity contribution in [1.29, 1.82) is 0 Å². The van der Waals surface area contributed by atoms with E-state index in [-0.39, 0.29) is 5.97 Å². The Morgan fingerprint density at radius 1 is 1.38 bits per heavy atom. The van der Waals surface area contributed by atoms with E-state index in [0.717, 1.165) is 5.56 Å². The van der Waals surface area contributed by atoms with Crippen LogP contribution in [0.5, 0.6) is 0 Å². The van der Waals surface area contributed by atoms with Crippen molar-refractivity contribution >= 4 is 5.97 Å². The van der Waals surface area contributed by atoms with Crippen molar-refractivity contribution < 1.29 is 9.53 Å². The number of rotatable bonds is 3. The van der Waals surface area contributed by atoms with E-state index in [1.54, 1.807) is 6.92 Å². The Bertz CT molecular complexity index is 301. The quantitative estimate of drug-likeness (QED) is 0.402. The number of carbonyl (C=O) groups excluding carboxylic acids is 1. The van der Waals surface area contributed by atoms with E-state index in [2.05, 4.69) is 6.58 Å². The predicted octanol–water partition coefficient (Wildman–Crippen LogP) is 2.31. The minimum absolute atomic E-state index is 0.312. The normalized spacial score (nSPS) is 9.31. The van der Waals surface area contributed by atoms with Crippen LogP contribution in [-0.2, 0) is 16.1 Å². The zero-order chi connectivity index (χ0) is 9.68. The van der Waals surface area contributed by atoms with Crippen LogP contribution in [0.4, 0.5) is 0 Å². The Balaban J connectivity index is 2.44. The van der Waals surface area contributed by atoms with Gasteiger partial charge in [0.05, 0.1) is 0 Å². The molecule has 0 aliphatic carbocycles. The Morgan fingerprint density at radius 3 is 2.54 bits per heavy atom. The number of hydrogen-bond donors (Lipinski definition) is 0. The molecule has 0 saturated heterocycles. The van der Waals surface area contributed by atoms with Crippen LogP contribution in [0.15, 0.2) is 42.5 Å². The van der Waals surface area contributed by atoms with Crippen LogP contribution in [0.1, 0.15) is 12.5 Å². The van der Waals surface area contributed by atoms with Crippen LogP contribution in [0, 0.1) is 0 Å². The molecule has 0 atom stereocenters. The minimum atomic E-state index is -0.344. The van der Waals surface area contributed by atoms with Gasteiger partial charge in [0.15, 0.2) is 0 Å². The summed E-state index contributed by atoms with van der Waals surface area (Å²) in [5.74, 6) is -0.344. The molecule has 0 saturated carbocycles. The summed E-state index contributed by atoms with van der Waals surface area (Å²) >= 11 is 0. The van der Waals surface area contributed by atoms with E-state index < -0.39 is 0 Å². The number of esters is 1. The highest BCUT2D eigenvalue weighted by atomic mass is 16.5. The van der Waals surface area contributed by atoms with Gasteiger partial charge >= 0.3 is 5.97 Å². The lowest BCUT2D eigenvalue weighted by molar-refractivity contribution is -0.140. The maximum absolute atomic E-state index is 11.0. The minimum Gasteiger partial charge on any atom is -0.457 e. The highest BCUT2D eigenvalue weighted by Crippen LogP contribution is 2.02. The van der Waals surface area contributed by atoms with Crippen molar-refractivity contribution in [3.8, 4) is 0 Å². The first kappa shape index (κ1) is 9.52. The van der Waals surface area contributed by atoms with E-state index in [9.17, 15) is 4.79 Å². The third-order valence-electron chi connectivity index (χ3n) is 1.56. The van der Waals surface area contributed by atoms with Gasteiger partial charge in [-0.1, -0.05) is 36.9 Å². The maximum atomic E-state index is 11.0. The van der Waals surface area contributed by atoms with Crippen molar-refractivity contribution in [2.75, 3.05) is 0 Å². The monoisotopic (exact) mass is 177 g/mol. The van der Waals surface area contributed by atoms with Gasteiger partial charge in [-0.2, -0.15) is 0 Å². The second-order valence-corrected chi connectivity index (χ2v) is 2.84. The van der Waals surface area contributed by atoms with Gasteiger partial charge in [0.1, 0.15) is 6.61 Å². The van der Waals surface area contributed by atoms with Gasteiger partial charge < -0.3 is 4.74 Å². The van der Waals surface area contributed by atoms with Crippen molar-refractivity contribution in [3.63, 3.8) is 0 Å². The second kappa shape index (κ2) is 4.45. The highest BCUT2D eigenvalue weighted by Gasteiger charge is 2.02. The summed E-state index contributed by atoms with van der Waals surface area (Å²) in [6, 6.07) is 9.55. The summed E-state index contributed by atoms with van der Waals surface area (Å²) in [5.41, 5.74) is 1.41. The number of hydrogen-bond acceptors (Lipinski definition) is 2. The summed E-state index contributed by atoms with van der Waals surface area (Å²) in [6.07, 6.45) is 0. The largest absolute Gasteiger partial charge is 0.457 e. The molecular weight excluding hydrogens is 165 g/mol. The molecule has 0 amide bonds. The molecule has 0 spiro atoms. The van der Waals surface area contributed by atoms with Gasteiger partial charge in [-0.3, -0.25) is 0 Å². The number of benzene rings is 1. The summed E-state index contributed by atoms with van der Waals surface area (Å²) < 4.78 is 4.95. The molecule has 0 aliphatic rings. The van der Waals surface area contributed by atoms with E-state index in [1.807, 2.05) is 30.3 Å². The predicted molar refractivity (Wildman–Crippen MR) is 51.1 cm³/mol. The molecule has 0 unspecified atom stereocenters. The fourth-order valence-corrected chi connectivity index (χ4v) is 0.846. The Labute approximate surface area is 77.8 Å². The Morgan fingerprint density at radius 2 is 2.00 bits per heavy atom. The second-order valence-electron chi connectivity index (χ2n) is 2.84. The summed E-state index contributed by atoms with van der Waals surface area (Å²) in [4.78, 5) is 11.0. The fraction of sp³-hybridized carbons (Fsp3) is 0.182. The maximum Gasteiger partial charge on any atom is 0.333 e. The average Bonchev–Trinajstić information content (AvgIpc) is 2.15. The first-order valence-corrected chi connectivity index (χ1v) is 4.06. The van der Waals surface area contributed by atoms with Crippen LogP contribution < -0.4 is 0 Å². The van der Waals surface area contributed by atoms with Crippen molar-refractivity contribution in [2.24, 2.45) is 0 Å². The van der Waals surface area contributed by atoms with Crippen LogP contribution in [-0.4, -0.2) is 5.97 Å². The van der Waals surface area contributed by atoms with E-state index in [1.165, 1.54) is 0 Å². The smallest absolute Gasteiger partial charge is 0.333 e. The van der Waals surface area contributed by atoms with Crippen molar-refractivity contribution in [2.45, 2.75) is 13.5 Å². The van der Waals surface area contributed by atoms with Crippen LogP contribution in [0.3, 0.4) is 0 Å². The third kappa shape index (κ3) is 3.11. The third-order valence-corrected chi connectivity index (χ3v) is 1.56. The molecule has 2 heteroatoms. The van der Waals surface area contributed by atoms with E-state index in [4.69, 9.17) is 4.74 Å². The Hall–Kier alpha value is -1.57. The van der Waals surface area contributed by atoms with Gasteiger partial charge in [-0.25, -0.2) is 4.79 Å². The molecule has 0 fully saturated rings. The van der Waals surface area contributed by atoms with Gasteiger partial charge in [0.25, 0.3) is 0 Å². The Kier molecular flexibility index (Phi) is 3.26. The number of ether oxygens (including phenoxy) is 1. The molecule has 0 radical (unpaired) electrons. The molecule has 0 N–H and O–H groups in total. The molecule has 1 aromatic carbocycles. The molecule has 0 aromatic heterocycles. The molecule has 13 heavy (non-hydrogen) atoms. The van der Waals surface area contributed by atoms with Crippen LogP contribution in [0.2, 0.25) is 0 Å². The SMILES string of the molecule is CC(=[13CH2])C(=O)OCc1ccccc1. The number of carbonyl (C=O) groups is 1. The van der Waals surface area contributed by atoms with Crippen LogP contribution >= 0.6 is 0 Å². The van der Waals surface area contributed by atoms with Crippen LogP contribution in [0.25, 0.3) is 0 Å². The van der Waals surface area contributed by atoms with Gasteiger partial charge in [0.2, 0.25) is 0 Å². The molecule has 0 heterocycles. The summed E-state index contributed by atoms with van der Waals surface area (Å²) in [5, 5.41) is 0. The van der Waals surface area contributed by atoms with Gasteiger partial charge in [-0.15, -0.1) is 0 Å².